The summed E-state index contributed by atoms with van der Waals surface area (Å²) in [5, 5.41) is 0. The summed E-state index contributed by atoms with van der Waals surface area (Å²) in [7, 11) is 0. The van der Waals surface area contributed by atoms with Crippen LogP contribution in [0.15, 0.2) is 15.1 Å². The lowest BCUT2D eigenvalue weighted by Crippen LogP contribution is -2.34. The Morgan fingerprint density at radius 1 is 1.53 bits per heavy atom. The van der Waals surface area contributed by atoms with Crippen molar-refractivity contribution in [3.05, 3.63) is 15.1 Å². The maximum Gasteiger partial charge on any atom is 0.176 e. The van der Waals surface area contributed by atoms with E-state index in [9.17, 15) is 0 Å². The monoisotopic (exact) mass is 334 g/mol. The van der Waals surface area contributed by atoms with Gasteiger partial charge in [0, 0.05) is 6.54 Å². The standard InChI is InChI=1S/C10H12Br2N2O/c1-2-3-14-4-5-15-9-7(11)6-8(12)13-10(9)14/h6H,2-5H2,1H3. The molecular formula is C10H12Br2N2O. The van der Waals surface area contributed by atoms with Crippen LogP contribution in [0.3, 0.4) is 0 Å². The van der Waals surface area contributed by atoms with E-state index in [0.29, 0.717) is 0 Å². The molecule has 2 heterocycles. The first-order chi connectivity index (χ1) is 7.22. The zero-order valence-corrected chi connectivity index (χ0v) is 11.6. The fourth-order valence-electron chi connectivity index (χ4n) is 1.66. The van der Waals surface area contributed by atoms with Crippen molar-refractivity contribution >= 4 is 37.7 Å². The van der Waals surface area contributed by atoms with Crippen LogP contribution in [0.4, 0.5) is 5.82 Å². The normalized spacial score (nSPS) is 14.7. The molecule has 0 saturated heterocycles. The summed E-state index contributed by atoms with van der Waals surface area (Å²) in [4.78, 5) is 6.72. The number of fused-ring (bicyclic) bond motifs is 1. The summed E-state index contributed by atoms with van der Waals surface area (Å²) >= 11 is 6.89. The number of halogens is 2. The van der Waals surface area contributed by atoms with Gasteiger partial charge in [0.25, 0.3) is 0 Å². The van der Waals surface area contributed by atoms with Gasteiger partial charge >= 0.3 is 0 Å². The van der Waals surface area contributed by atoms with Crippen molar-refractivity contribution in [1.82, 2.24) is 4.98 Å². The Bertz CT molecular complexity index is 371. The Labute approximate surface area is 106 Å². The number of nitrogens with zero attached hydrogens (tertiary/aromatic N) is 2. The summed E-state index contributed by atoms with van der Waals surface area (Å²) in [5.41, 5.74) is 0. The molecule has 3 nitrogen and oxygen atoms in total. The maximum absolute atomic E-state index is 5.61. The molecule has 0 fully saturated rings. The van der Waals surface area contributed by atoms with Crippen LogP contribution in [-0.4, -0.2) is 24.7 Å². The molecule has 1 aromatic rings. The Kier molecular flexibility index (Phi) is 3.51. The van der Waals surface area contributed by atoms with Crippen LogP contribution in [0.1, 0.15) is 13.3 Å². The number of ether oxygens (including phenoxy) is 1. The van der Waals surface area contributed by atoms with Gasteiger partial charge in [-0.3, -0.25) is 0 Å². The molecule has 0 saturated carbocycles. The third-order valence-corrected chi connectivity index (χ3v) is 3.27. The average Bonchev–Trinajstić information content (AvgIpc) is 2.19. The SMILES string of the molecule is CCCN1CCOc2c(Br)cc(Br)nc21. The zero-order valence-electron chi connectivity index (χ0n) is 8.46. The second-order valence-electron chi connectivity index (χ2n) is 3.42. The number of aromatic nitrogens is 1. The van der Waals surface area contributed by atoms with Gasteiger partial charge in [-0.05, 0) is 44.3 Å². The van der Waals surface area contributed by atoms with Crippen LogP contribution in [0.5, 0.6) is 5.75 Å². The van der Waals surface area contributed by atoms with Crippen molar-refractivity contribution in [3.8, 4) is 5.75 Å². The van der Waals surface area contributed by atoms with Crippen molar-refractivity contribution < 1.29 is 4.74 Å². The van der Waals surface area contributed by atoms with E-state index in [0.717, 1.165) is 46.8 Å². The Morgan fingerprint density at radius 2 is 2.33 bits per heavy atom. The minimum atomic E-state index is 0.731. The Hall–Kier alpha value is -0.290. The highest BCUT2D eigenvalue weighted by Crippen LogP contribution is 2.38. The molecule has 82 valence electrons. The van der Waals surface area contributed by atoms with Gasteiger partial charge in [0.1, 0.15) is 11.2 Å². The molecule has 0 radical (unpaired) electrons. The number of hydrogen-bond donors (Lipinski definition) is 0. The summed E-state index contributed by atoms with van der Waals surface area (Å²) in [5.74, 6) is 1.79. The zero-order chi connectivity index (χ0) is 10.8. The fraction of sp³-hybridized carbons (Fsp3) is 0.500. The minimum absolute atomic E-state index is 0.731. The van der Waals surface area contributed by atoms with E-state index < -0.39 is 0 Å². The molecule has 2 rings (SSSR count). The molecular weight excluding hydrogens is 324 g/mol. The van der Waals surface area contributed by atoms with Crippen molar-refractivity contribution in [1.29, 1.82) is 0 Å². The van der Waals surface area contributed by atoms with E-state index in [1.807, 2.05) is 6.07 Å². The van der Waals surface area contributed by atoms with Crippen molar-refractivity contribution in [2.75, 3.05) is 24.6 Å². The molecule has 0 spiro atoms. The van der Waals surface area contributed by atoms with Crippen LogP contribution in [0.2, 0.25) is 0 Å². The number of anilines is 1. The molecule has 1 aromatic heterocycles. The van der Waals surface area contributed by atoms with Gasteiger partial charge in [-0.1, -0.05) is 6.92 Å². The molecule has 0 unspecified atom stereocenters. The molecule has 1 aliphatic heterocycles. The van der Waals surface area contributed by atoms with Gasteiger partial charge in [-0.2, -0.15) is 0 Å². The van der Waals surface area contributed by atoms with E-state index >= 15 is 0 Å². The third kappa shape index (κ3) is 2.28. The highest BCUT2D eigenvalue weighted by atomic mass is 79.9. The van der Waals surface area contributed by atoms with Gasteiger partial charge in [0.05, 0.1) is 11.0 Å². The highest BCUT2D eigenvalue weighted by Gasteiger charge is 2.21. The fourth-order valence-corrected chi connectivity index (χ4v) is 2.87. The van der Waals surface area contributed by atoms with E-state index in [4.69, 9.17) is 4.74 Å². The molecule has 0 bridgehead atoms. The van der Waals surface area contributed by atoms with Crippen molar-refractivity contribution in [2.24, 2.45) is 0 Å². The largest absolute Gasteiger partial charge is 0.487 e. The van der Waals surface area contributed by atoms with Gasteiger partial charge in [0.15, 0.2) is 11.6 Å². The number of pyridine rings is 1. The van der Waals surface area contributed by atoms with E-state index in [1.165, 1.54) is 0 Å². The molecule has 0 atom stereocenters. The quantitative estimate of drug-likeness (QED) is 0.776. The molecule has 0 aliphatic carbocycles. The molecule has 0 N–H and O–H groups in total. The average molecular weight is 336 g/mol. The van der Waals surface area contributed by atoms with Crippen LogP contribution in [-0.2, 0) is 0 Å². The first-order valence-electron chi connectivity index (χ1n) is 4.96. The second-order valence-corrected chi connectivity index (χ2v) is 5.08. The minimum Gasteiger partial charge on any atom is -0.487 e. The summed E-state index contributed by atoms with van der Waals surface area (Å²) in [6.45, 7) is 4.83. The molecule has 5 heteroatoms. The lowest BCUT2D eigenvalue weighted by Gasteiger charge is -2.30. The first kappa shape index (κ1) is 11.2. The van der Waals surface area contributed by atoms with Gasteiger partial charge < -0.3 is 9.64 Å². The van der Waals surface area contributed by atoms with Crippen LogP contribution >= 0.6 is 31.9 Å². The molecule has 15 heavy (non-hydrogen) atoms. The highest BCUT2D eigenvalue weighted by molar-refractivity contribution is 9.11. The van der Waals surface area contributed by atoms with E-state index in [-0.39, 0.29) is 0 Å². The summed E-state index contributed by atoms with van der Waals surface area (Å²) < 4.78 is 7.41. The van der Waals surface area contributed by atoms with Gasteiger partial charge in [0.2, 0.25) is 0 Å². The number of hydrogen-bond acceptors (Lipinski definition) is 3. The maximum atomic E-state index is 5.61. The summed E-state index contributed by atoms with van der Waals surface area (Å²) in [6, 6.07) is 1.91. The van der Waals surface area contributed by atoms with Crippen LogP contribution in [0, 0.1) is 0 Å². The second kappa shape index (κ2) is 4.70. The third-order valence-electron chi connectivity index (χ3n) is 2.28. The molecule has 0 aromatic carbocycles. The van der Waals surface area contributed by atoms with Crippen molar-refractivity contribution in [2.45, 2.75) is 13.3 Å². The lowest BCUT2D eigenvalue weighted by molar-refractivity contribution is 0.303. The molecule has 0 amide bonds. The smallest absolute Gasteiger partial charge is 0.176 e. The number of rotatable bonds is 2. The predicted octanol–water partition coefficient (Wildman–Crippen LogP) is 3.22. The van der Waals surface area contributed by atoms with Gasteiger partial charge in [-0.25, -0.2) is 4.98 Å². The topological polar surface area (TPSA) is 25.4 Å². The lowest BCUT2D eigenvalue weighted by atomic mass is 10.3. The molecule has 1 aliphatic rings. The van der Waals surface area contributed by atoms with E-state index in [1.54, 1.807) is 0 Å². The van der Waals surface area contributed by atoms with Gasteiger partial charge in [-0.15, -0.1) is 0 Å². The van der Waals surface area contributed by atoms with Crippen LogP contribution < -0.4 is 9.64 Å². The predicted molar refractivity (Wildman–Crippen MR) is 67.6 cm³/mol. The first-order valence-corrected chi connectivity index (χ1v) is 6.54. The van der Waals surface area contributed by atoms with Crippen molar-refractivity contribution in [3.63, 3.8) is 0 Å². The summed E-state index contributed by atoms with van der Waals surface area (Å²) in [6.07, 6.45) is 1.12. The Balaban J connectivity index is 2.41. The van der Waals surface area contributed by atoms with Crippen LogP contribution in [0.25, 0.3) is 0 Å². The van der Waals surface area contributed by atoms with E-state index in [2.05, 4.69) is 48.7 Å². The Morgan fingerprint density at radius 3 is 3.07 bits per heavy atom.